The van der Waals surface area contributed by atoms with Crippen molar-refractivity contribution >= 4 is 5.97 Å². The molecule has 0 fully saturated rings. The van der Waals surface area contributed by atoms with Crippen molar-refractivity contribution < 1.29 is 33.9 Å². The first kappa shape index (κ1) is 10.1. The van der Waals surface area contributed by atoms with Crippen LogP contribution in [0.3, 0.4) is 0 Å². The molecule has 0 aliphatic rings. The van der Waals surface area contributed by atoms with Crippen LogP contribution in [0.2, 0.25) is 0 Å². The maximum absolute atomic E-state index is 10.1. The Morgan fingerprint density at radius 2 is 2.09 bits per heavy atom. The number of aromatic hydroxyl groups is 1. The summed E-state index contributed by atoms with van der Waals surface area (Å²) in [6.45, 7) is 0. The third-order valence-electron chi connectivity index (χ3n) is 1.08. The Labute approximate surface area is 75.8 Å². The molecule has 0 aliphatic carbocycles. The Hall–Kier alpha value is -0.913. The molecule has 1 N–H and O–H groups in total. The molecule has 11 heavy (non-hydrogen) atoms. The van der Waals surface area contributed by atoms with E-state index in [1.54, 1.807) is 0 Å². The minimum Gasteiger partial charge on any atom is -0.545 e. The molecule has 0 heterocycles. The summed E-state index contributed by atoms with van der Waals surface area (Å²) in [4.78, 5) is 10.1. The van der Waals surface area contributed by atoms with E-state index in [1.165, 1.54) is 18.2 Å². The van der Waals surface area contributed by atoms with Crippen LogP contribution in [0.25, 0.3) is 0 Å². The molecule has 0 bridgehead atoms. The molecule has 1 rings (SSSR count). The number of carbonyl (C=O) groups is 1. The quantitative estimate of drug-likeness (QED) is 0.421. The Morgan fingerprint density at radius 1 is 1.45 bits per heavy atom. The van der Waals surface area contributed by atoms with Gasteiger partial charge in [-0.1, -0.05) is 12.1 Å². The number of benzene rings is 1. The van der Waals surface area contributed by atoms with E-state index in [4.69, 9.17) is 5.11 Å². The van der Waals surface area contributed by atoms with Crippen molar-refractivity contribution in [2.24, 2.45) is 0 Å². The maximum atomic E-state index is 10.1. The SMILES string of the molecule is O=C([O-])c1cccc(O)c1.[Li+]. The summed E-state index contributed by atoms with van der Waals surface area (Å²) in [5, 5.41) is 18.9. The predicted molar refractivity (Wildman–Crippen MR) is 32.4 cm³/mol. The van der Waals surface area contributed by atoms with Crippen LogP contribution in [0.4, 0.5) is 0 Å². The van der Waals surface area contributed by atoms with Gasteiger partial charge in [0.2, 0.25) is 0 Å². The second-order valence-electron chi connectivity index (χ2n) is 1.84. The fourth-order valence-corrected chi connectivity index (χ4v) is 0.633. The standard InChI is InChI=1S/C7H6O3.Li/c8-6-3-1-2-5(4-6)7(9)10;/h1-4,8H,(H,9,10);/q;+1/p-1. The van der Waals surface area contributed by atoms with Gasteiger partial charge >= 0.3 is 18.9 Å². The molecular formula is C7H5LiO3. The van der Waals surface area contributed by atoms with E-state index in [2.05, 4.69) is 0 Å². The molecule has 0 atom stereocenters. The monoisotopic (exact) mass is 144 g/mol. The zero-order chi connectivity index (χ0) is 7.56. The van der Waals surface area contributed by atoms with Crippen molar-refractivity contribution in [2.45, 2.75) is 0 Å². The van der Waals surface area contributed by atoms with Gasteiger partial charge in [0, 0.05) is 5.56 Å². The van der Waals surface area contributed by atoms with Gasteiger partial charge in [-0.05, 0) is 12.1 Å². The Bertz CT molecular complexity index is 260. The Kier molecular flexibility index (Phi) is 3.73. The topological polar surface area (TPSA) is 60.4 Å². The second-order valence-corrected chi connectivity index (χ2v) is 1.84. The molecule has 3 nitrogen and oxygen atoms in total. The number of phenols is 1. The summed E-state index contributed by atoms with van der Waals surface area (Å²) >= 11 is 0. The number of phenolic OH excluding ortho intramolecular Hbond substituents is 1. The van der Waals surface area contributed by atoms with Gasteiger partial charge in [-0.15, -0.1) is 0 Å². The third kappa shape index (κ3) is 2.67. The molecule has 52 valence electrons. The molecule has 0 spiro atoms. The molecule has 0 aromatic heterocycles. The maximum Gasteiger partial charge on any atom is 1.00 e. The zero-order valence-corrected chi connectivity index (χ0v) is 6.07. The van der Waals surface area contributed by atoms with Crippen molar-refractivity contribution in [1.29, 1.82) is 0 Å². The summed E-state index contributed by atoms with van der Waals surface area (Å²) in [6, 6.07) is 5.33. The molecule has 1 aromatic rings. The van der Waals surface area contributed by atoms with Crippen molar-refractivity contribution in [3.05, 3.63) is 29.8 Å². The van der Waals surface area contributed by atoms with Gasteiger partial charge in [0.05, 0.1) is 5.97 Å². The summed E-state index contributed by atoms with van der Waals surface area (Å²) in [6.07, 6.45) is 0. The fourth-order valence-electron chi connectivity index (χ4n) is 0.633. The normalized spacial score (nSPS) is 8.36. The van der Waals surface area contributed by atoms with Crippen LogP contribution in [-0.2, 0) is 0 Å². The molecule has 0 amide bonds. The smallest absolute Gasteiger partial charge is 0.545 e. The van der Waals surface area contributed by atoms with Crippen LogP contribution in [0.1, 0.15) is 10.4 Å². The van der Waals surface area contributed by atoms with Crippen LogP contribution in [-0.4, -0.2) is 11.1 Å². The number of hydrogen-bond acceptors (Lipinski definition) is 3. The van der Waals surface area contributed by atoms with Crippen LogP contribution in [0, 0.1) is 0 Å². The summed E-state index contributed by atoms with van der Waals surface area (Å²) in [7, 11) is 0. The van der Waals surface area contributed by atoms with Crippen molar-refractivity contribution in [3.63, 3.8) is 0 Å². The summed E-state index contributed by atoms with van der Waals surface area (Å²) < 4.78 is 0. The number of rotatable bonds is 1. The second kappa shape index (κ2) is 4.07. The number of carbonyl (C=O) groups excluding carboxylic acids is 1. The van der Waals surface area contributed by atoms with Crippen LogP contribution >= 0.6 is 0 Å². The van der Waals surface area contributed by atoms with Crippen molar-refractivity contribution in [3.8, 4) is 5.75 Å². The summed E-state index contributed by atoms with van der Waals surface area (Å²) in [5.74, 6) is -1.35. The Balaban J connectivity index is 0.000001000. The predicted octanol–water partition coefficient (Wildman–Crippen LogP) is -3.24. The van der Waals surface area contributed by atoms with Crippen molar-refractivity contribution in [2.75, 3.05) is 0 Å². The van der Waals surface area contributed by atoms with E-state index in [0.717, 1.165) is 6.07 Å². The first-order valence-corrected chi connectivity index (χ1v) is 2.70. The molecule has 0 saturated carbocycles. The Morgan fingerprint density at radius 3 is 2.45 bits per heavy atom. The van der Waals surface area contributed by atoms with Gasteiger partial charge in [-0.25, -0.2) is 0 Å². The molecule has 0 unspecified atom stereocenters. The van der Waals surface area contributed by atoms with Crippen LogP contribution < -0.4 is 24.0 Å². The molecule has 4 heteroatoms. The minimum absolute atomic E-state index is 0. The van der Waals surface area contributed by atoms with E-state index in [-0.39, 0.29) is 30.2 Å². The van der Waals surface area contributed by atoms with E-state index in [9.17, 15) is 9.90 Å². The van der Waals surface area contributed by atoms with Gasteiger partial charge < -0.3 is 15.0 Å². The van der Waals surface area contributed by atoms with Gasteiger partial charge in [0.25, 0.3) is 0 Å². The van der Waals surface area contributed by atoms with Gasteiger partial charge in [0.15, 0.2) is 0 Å². The average Bonchev–Trinajstić information content (AvgIpc) is 1.88. The summed E-state index contributed by atoms with van der Waals surface area (Å²) in [5.41, 5.74) is -0.0139. The number of hydrogen-bond donors (Lipinski definition) is 1. The third-order valence-corrected chi connectivity index (χ3v) is 1.08. The number of carboxylic acid groups (broad SMARTS) is 1. The fraction of sp³-hybridized carbons (Fsp3) is 0. The number of carboxylic acids is 1. The zero-order valence-electron chi connectivity index (χ0n) is 6.07. The first-order chi connectivity index (χ1) is 4.70. The van der Waals surface area contributed by atoms with E-state index >= 15 is 0 Å². The van der Waals surface area contributed by atoms with Crippen molar-refractivity contribution in [1.82, 2.24) is 0 Å². The van der Waals surface area contributed by atoms with Gasteiger partial charge in [-0.2, -0.15) is 0 Å². The van der Waals surface area contributed by atoms with E-state index in [0.29, 0.717) is 0 Å². The largest absolute Gasteiger partial charge is 1.00 e. The molecule has 0 saturated heterocycles. The molecule has 0 aliphatic heterocycles. The minimum atomic E-state index is -1.28. The van der Waals surface area contributed by atoms with E-state index < -0.39 is 5.97 Å². The first-order valence-electron chi connectivity index (χ1n) is 2.70. The van der Waals surface area contributed by atoms with Gasteiger partial charge in [-0.3, -0.25) is 0 Å². The van der Waals surface area contributed by atoms with Gasteiger partial charge in [0.1, 0.15) is 5.75 Å². The average molecular weight is 144 g/mol. The molecule has 0 radical (unpaired) electrons. The van der Waals surface area contributed by atoms with Crippen LogP contribution in [0.5, 0.6) is 5.75 Å². The van der Waals surface area contributed by atoms with E-state index in [1.807, 2.05) is 0 Å². The molecular weight excluding hydrogens is 139 g/mol. The molecule has 1 aromatic carbocycles. The number of aromatic carboxylic acids is 1. The van der Waals surface area contributed by atoms with Crippen LogP contribution in [0.15, 0.2) is 24.3 Å².